The molecule has 2 aromatic heterocycles. The summed E-state index contributed by atoms with van der Waals surface area (Å²) >= 11 is 1.48. The van der Waals surface area contributed by atoms with E-state index in [-0.39, 0.29) is 4.90 Å². The van der Waals surface area contributed by atoms with Crippen LogP contribution >= 0.6 is 11.3 Å². The van der Waals surface area contributed by atoms with Crippen LogP contribution < -0.4 is 0 Å². The molecule has 0 amide bonds. The summed E-state index contributed by atoms with van der Waals surface area (Å²) in [7, 11) is -3.20. The third kappa shape index (κ3) is 1.91. The highest BCUT2D eigenvalue weighted by Crippen LogP contribution is 2.22. The van der Waals surface area contributed by atoms with E-state index >= 15 is 0 Å². The van der Waals surface area contributed by atoms with E-state index in [0.717, 1.165) is 11.2 Å². The van der Waals surface area contributed by atoms with Gasteiger partial charge in [-0.25, -0.2) is 18.4 Å². The van der Waals surface area contributed by atoms with Gasteiger partial charge in [-0.1, -0.05) is 0 Å². The minimum absolute atomic E-state index is 0.281. The van der Waals surface area contributed by atoms with Gasteiger partial charge in [0.25, 0.3) is 0 Å². The number of benzene rings is 1. The molecule has 0 unspecified atom stereocenters. The van der Waals surface area contributed by atoms with Gasteiger partial charge in [0.1, 0.15) is 5.69 Å². The first kappa shape index (κ1) is 11.4. The Labute approximate surface area is 107 Å². The van der Waals surface area contributed by atoms with E-state index in [1.54, 1.807) is 23.7 Å². The second-order valence-corrected chi connectivity index (χ2v) is 6.64. The minimum Gasteiger partial charge on any atom is -0.337 e. The number of rotatable bonds is 2. The number of H-pyrrole nitrogens is 1. The number of sulfone groups is 1. The summed E-state index contributed by atoms with van der Waals surface area (Å²) in [6, 6.07) is 4.84. The zero-order valence-electron chi connectivity index (χ0n) is 9.41. The maximum absolute atomic E-state index is 11.5. The Bertz CT molecular complexity index is 804. The average Bonchev–Trinajstić information content (AvgIpc) is 2.95. The molecule has 0 aliphatic rings. The molecule has 0 saturated carbocycles. The van der Waals surface area contributed by atoms with Gasteiger partial charge in [-0.05, 0) is 18.2 Å². The molecule has 18 heavy (non-hydrogen) atoms. The molecule has 0 aliphatic heterocycles. The van der Waals surface area contributed by atoms with Crippen LogP contribution in [0.5, 0.6) is 0 Å². The van der Waals surface area contributed by atoms with Crippen LogP contribution in [0.2, 0.25) is 0 Å². The highest BCUT2D eigenvalue weighted by atomic mass is 32.2. The van der Waals surface area contributed by atoms with Gasteiger partial charge in [-0.3, -0.25) is 0 Å². The van der Waals surface area contributed by atoms with Crippen LogP contribution in [-0.2, 0) is 9.84 Å². The molecule has 3 rings (SSSR count). The third-order valence-corrected chi connectivity index (χ3v) is 4.25. The lowest BCUT2D eigenvalue weighted by atomic mass is 10.3. The lowest BCUT2D eigenvalue weighted by molar-refractivity contribution is 0.602. The Hall–Kier alpha value is -1.73. The SMILES string of the molecule is CS(=O)(=O)c1ccc2nc(-c3cscn3)[nH]c2c1. The van der Waals surface area contributed by atoms with E-state index in [4.69, 9.17) is 0 Å². The molecule has 1 N–H and O–H groups in total. The topological polar surface area (TPSA) is 75.7 Å². The predicted molar refractivity (Wildman–Crippen MR) is 70.3 cm³/mol. The minimum atomic E-state index is -3.20. The normalized spacial score (nSPS) is 12.1. The van der Waals surface area contributed by atoms with Crippen molar-refractivity contribution in [1.82, 2.24) is 15.0 Å². The van der Waals surface area contributed by atoms with Crippen LogP contribution in [0.15, 0.2) is 34.0 Å². The lowest BCUT2D eigenvalue weighted by Crippen LogP contribution is -1.96. The fourth-order valence-electron chi connectivity index (χ4n) is 1.67. The first-order valence-electron chi connectivity index (χ1n) is 5.12. The molecule has 7 heteroatoms. The fraction of sp³-hybridized carbons (Fsp3) is 0.0909. The van der Waals surface area contributed by atoms with Crippen molar-refractivity contribution in [2.45, 2.75) is 4.90 Å². The summed E-state index contributed by atoms with van der Waals surface area (Å²) in [6.07, 6.45) is 1.19. The second-order valence-electron chi connectivity index (χ2n) is 3.91. The molecule has 0 radical (unpaired) electrons. The molecule has 0 aliphatic carbocycles. The zero-order chi connectivity index (χ0) is 12.8. The highest BCUT2D eigenvalue weighted by molar-refractivity contribution is 7.90. The Morgan fingerprint density at radius 2 is 2.17 bits per heavy atom. The second kappa shape index (κ2) is 3.89. The van der Waals surface area contributed by atoms with Gasteiger partial charge in [0.15, 0.2) is 15.7 Å². The van der Waals surface area contributed by atoms with Crippen molar-refractivity contribution in [2.24, 2.45) is 0 Å². The number of hydrogen-bond acceptors (Lipinski definition) is 5. The Kier molecular flexibility index (Phi) is 2.46. The number of hydrogen-bond donors (Lipinski definition) is 1. The molecule has 92 valence electrons. The summed E-state index contributed by atoms with van der Waals surface area (Å²) in [5.41, 5.74) is 3.91. The summed E-state index contributed by atoms with van der Waals surface area (Å²) in [5, 5.41) is 1.88. The van der Waals surface area contributed by atoms with Crippen LogP contribution in [-0.4, -0.2) is 29.6 Å². The molecule has 2 heterocycles. The van der Waals surface area contributed by atoms with Gasteiger partial charge >= 0.3 is 0 Å². The molecular formula is C11H9N3O2S2. The van der Waals surface area contributed by atoms with Crippen molar-refractivity contribution in [3.8, 4) is 11.5 Å². The quantitative estimate of drug-likeness (QED) is 0.779. The van der Waals surface area contributed by atoms with Crippen LogP contribution in [0.25, 0.3) is 22.6 Å². The molecule has 0 bridgehead atoms. The zero-order valence-corrected chi connectivity index (χ0v) is 11.0. The highest BCUT2D eigenvalue weighted by Gasteiger charge is 2.11. The largest absolute Gasteiger partial charge is 0.337 e. The standard InChI is InChI=1S/C11H9N3O2S2/c1-18(15,16)7-2-3-8-9(4-7)14-11(13-8)10-5-17-6-12-10/h2-6H,1H3,(H,13,14). The smallest absolute Gasteiger partial charge is 0.175 e. The van der Waals surface area contributed by atoms with Crippen LogP contribution in [0.4, 0.5) is 0 Å². The van der Waals surface area contributed by atoms with Crippen molar-refractivity contribution < 1.29 is 8.42 Å². The summed E-state index contributed by atoms with van der Waals surface area (Å²) < 4.78 is 22.9. The van der Waals surface area contributed by atoms with Crippen molar-refractivity contribution in [1.29, 1.82) is 0 Å². The number of nitrogens with zero attached hydrogens (tertiary/aromatic N) is 2. The summed E-state index contributed by atoms with van der Waals surface area (Å²) in [4.78, 5) is 11.9. The summed E-state index contributed by atoms with van der Waals surface area (Å²) in [5.74, 6) is 0.650. The number of thiazole rings is 1. The van der Waals surface area contributed by atoms with Crippen molar-refractivity contribution in [3.05, 3.63) is 29.1 Å². The van der Waals surface area contributed by atoms with E-state index < -0.39 is 9.84 Å². The molecule has 3 aromatic rings. The molecule has 0 atom stereocenters. The fourth-order valence-corrected chi connectivity index (χ4v) is 2.85. The Morgan fingerprint density at radius 3 is 2.83 bits per heavy atom. The first-order chi connectivity index (χ1) is 8.54. The molecule has 0 saturated heterocycles. The van der Waals surface area contributed by atoms with Crippen LogP contribution in [0, 0.1) is 0 Å². The van der Waals surface area contributed by atoms with Crippen LogP contribution in [0.1, 0.15) is 0 Å². The number of nitrogens with one attached hydrogen (secondary N) is 1. The third-order valence-electron chi connectivity index (χ3n) is 2.56. The van der Waals surface area contributed by atoms with Gasteiger partial charge < -0.3 is 4.98 Å². The van der Waals surface area contributed by atoms with Gasteiger partial charge in [0, 0.05) is 11.6 Å². The summed E-state index contributed by atoms with van der Waals surface area (Å²) in [6.45, 7) is 0. The lowest BCUT2D eigenvalue weighted by Gasteiger charge is -1.96. The number of aromatic amines is 1. The van der Waals surface area contributed by atoms with Gasteiger partial charge in [0.05, 0.1) is 21.4 Å². The van der Waals surface area contributed by atoms with Crippen molar-refractivity contribution >= 4 is 32.2 Å². The van der Waals surface area contributed by atoms with Crippen molar-refractivity contribution in [2.75, 3.05) is 6.26 Å². The van der Waals surface area contributed by atoms with Crippen LogP contribution in [0.3, 0.4) is 0 Å². The average molecular weight is 279 g/mol. The molecule has 0 spiro atoms. The van der Waals surface area contributed by atoms with E-state index in [1.165, 1.54) is 17.6 Å². The van der Waals surface area contributed by atoms with E-state index in [0.29, 0.717) is 11.3 Å². The molecule has 5 nitrogen and oxygen atoms in total. The number of aromatic nitrogens is 3. The Balaban J connectivity index is 2.19. The maximum Gasteiger partial charge on any atom is 0.175 e. The van der Waals surface area contributed by atoms with Gasteiger partial charge in [-0.15, -0.1) is 11.3 Å². The predicted octanol–water partition coefficient (Wildman–Crippen LogP) is 2.09. The molecular weight excluding hydrogens is 270 g/mol. The van der Waals surface area contributed by atoms with Gasteiger partial charge in [0.2, 0.25) is 0 Å². The van der Waals surface area contributed by atoms with E-state index in [1.807, 2.05) is 5.38 Å². The molecule has 0 fully saturated rings. The van der Waals surface area contributed by atoms with E-state index in [2.05, 4.69) is 15.0 Å². The first-order valence-corrected chi connectivity index (χ1v) is 7.96. The monoisotopic (exact) mass is 279 g/mol. The molecule has 1 aromatic carbocycles. The number of imidazole rings is 1. The van der Waals surface area contributed by atoms with Crippen molar-refractivity contribution in [3.63, 3.8) is 0 Å². The maximum atomic E-state index is 11.5. The number of fused-ring (bicyclic) bond motifs is 1. The Morgan fingerprint density at radius 1 is 1.33 bits per heavy atom. The van der Waals surface area contributed by atoms with Gasteiger partial charge in [-0.2, -0.15) is 0 Å². The van der Waals surface area contributed by atoms with E-state index in [9.17, 15) is 8.42 Å².